The Morgan fingerprint density at radius 3 is 2.44 bits per heavy atom. The minimum absolute atomic E-state index is 0. The number of rotatable bonds is 9. The van der Waals surface area contributed by atoms with Gasteiger partial charge in [-0.15, -0.1) is 0 Å². The van der Waals surface area contributed by atoms with Crippen LogP contribution >= 0.6 is 0 Å². The van der Waals surface area contributed by atoms with Crippen LogP contribution in [0, 0.1) is 5.92 Å². The molecule has 10 nitrogen and oxygen atoms in total. The van der Waals surface area contributed by atoms with E-state index in [1.54, 1.807) is 42.7 Å². The molecular formula is C28H45FN4O6. The Balaban J connectivity index is 0.00000420. The Morgan fingerprint density at radius 1 is 1.13 bits per heavy atom. The van der Waals surface area contributed by atoms with Gasteiger partial charge in [0.2, 0.25) is 11.8 Å². The Bertz CT molecular complexity index is 1050. The summed E-state index contributed by atoms with van der Waals surface area (Å²) in [6.45, 7) is 11.4. The van der Waals surface area contributed by atoms with E-state index in [0.717, 1.165) is 0 Å². The molecule has 0 aliphatic carbocycles. The van der Waals surface area contributed by atoms with Gasteiger partial charge in [-0.25, -0.2) is 0 Å². The summed E-state index contributed by atoms with van der Waals surface area (Å²) in [6, 6.07) is 4.50. The van der Waals surface area contributed by atoms with Crippen LogP contribution in [0.5, 0.6) is 5.75 Å². The molecule has 3 rings (SSSR count). The van der Waals surface area contributed by atoms with E-state index in [-0.39, 0.29) is 31.9 Å². The lowest BCUT2D eigenvalue weighted by Gasteiger charge is -2.34. The van der Waals surface area contributed by atoms with Gasteiger partial charge in [-0.2, -0.15) is 4.39 Å². The molecule has 1 aromatic carbocycles. The lowest BCUT2D eigenvalue weighted by molar-refractivity contribution is -0.147. The third kappa shape index (κ3) is 8.39. The summed E-state index contributed by atoms with van der Waals surface area (Å²) in [4.78, 5) is 55.7. The van der Waals surface area contributed by atoms with Crippen molar-refractivity contribution in [3.8, 4) is 5.75 Å². The summed E-state index contributed by atoms with van der Waals surface area (Å²) in [6.07, 6.45) is -0.722. The fourth-order valence-corrected chi connectivity index (χ4v) is 4.76. The van der Waals surface area contributed by atoms with Gasteiger partial charge in [0.1, 0.15) is 17.8 Å². The van der Waals surface area contributed by atoms with E-state index in [9.17, 15) is 23.6 Å². The van der Waals surface area contributed by atoms with Crippen LogP contribution in [-0.2, 0) is 19.1 Å². The molecule has 4 amide bonds. The van der Waals surface area contributed by atoms with Crippen molar-refractivity contribution in [3.63, 3.8) is 0 Å². The van der Waals surface area contributed by atoms with Crippen LogP contribution < -0.4 is 15.4 Å². The van der Waals surface area contributed by atoms with Crippen LogP contribution in [0.4, 0.5) is 4.39 Å². The number of nitrogens with one attached hydrogen (secondary N) is 2. The highest BCUT2D eigenvalue weighted by atomic mass is 19.1. The highest BCUT2D eigenvalue weighted by molar-refractivity contribution is 6.00. The van der Waals surface area contributed by atoms with Gasteiger partial charge in [-0.05, 0) is 58.1 Å². The Morgan fingerprint density at radius 2 is 1.79 bits per heavy atom. The van der Waals surface area contributed by atoms with Crippen molar-refractivity contribution in [2.75, 3.05) is 32.8 Å². The van der Waals surface area contributed by atoms with Gasteiger partial charge in [0, 0.05) is 28.0 Å². The van der Waals surface area contributed by atoms with E-state index in [0.29, 0.717) is 52.1 Å². The highest BCUT2D eigenvalue weighted by Gasteiger charge is 2.40. The molecule has 1 aromatic rings. The molecule has 11 heteroatoms. The van der Waals surface area contributed by atoms with Gasteiger partial charge < -0.3 is 29.9 Å². The second-order valence-corrected chi connectivity index (χ2v) is 11.5. The standard InChI is InChI=1S/C28H41FN4O6.2H2/c1-18(2)17-20(26(36)33-12-8-10-21(33)27(37)32-13-15-38-16-14-32)30-24(34)19-9-6-7-11-22(19)39-23(29)25(35)31-28(3,4)5;;/h6-7,9,11,18,20-21,23H,8,10,12-17H2,1-5H3,(H,30,34)(H,31,35);2*1H/t20-,21-,23-;;/m1../s1. The van der Waals surface area contributed by atoms with Gasteiger partial charge in [-0.1, -0.05) is 26.0 Å². The number of benzene rings is 1. The minimum atomic E-state index is -2.33. The quantitative estimate of drug-likeness (QED) is 0.487. The third-order valence-corrected chi connectivity index (χ3v) is 6.52. The first-order valence-electron chi connectivity index (χ1n) is 13.6. The summed E-state index contributed by atoms with van der Waals surface area (Å²) >= 11 is 0. The molecule has 39 heavy (non-hydrogen) atoms. The van der Waals surface area contributed by atoms with Crippen molar-refractivity contribution in [2.24, 2.45) is 5.92 Å². The van der Waals surface area contributed by atoms with Crippen LogP contribution in [0.1, 0.15) is 67.1 Å². The number of halogens is 1. The molecule has 220 valence electrons. The molecule has 0 radical (unpaired) electrons. The maximum absolute atomic E-state index is 14.6. The van der Waals surface area contributed by atoms with Crippen molar-refractivity contribution in [2.45, 2.75) is 77.9 Å². The maximum Gasteiger partial charge on any atom is 0.316 e. The van der Waals surface area contributed by atoms with Gasteiger partial charge in [0.05, 0.1) is 18.8 Å². The average Bonchev–Trinajstić information content (AvgIpc) is 3.37. The first-order valence-corrected chi connectivity index (χ1v) is 13.6. The molecule has 2 N–H and O–H groups in total. The maximum atomic E-state index is 14.6. The fraction of sp³-hybridized carbons (Fsp3) is 0.643. The molecule has 2 aliphatic heterocycles. The number of nitrogens with zero attached hydrogens (tertiary/aromatic N) is 2. The normalized spacial score (nSPS) is 19.4. The Labute approximate surface area is 232 Å². The van der Waals surface area contributed by atoms with Crippen LogP contribution in [0.25, 0.3) is 0 Å². The van der Waals surface area contributed by atoms with E-state index in [2.05, 4.69) is 10.6 Å². The molecular weight excluding hydrogens is 507 g/mol. The Kier molecular flexibility index (Phi) is 10.3. The van der Waals surface area contributed by atoms with Crippen LogP contribution in [0.15, 0.2) is 24.3 Å². The van der Waals surface area contributed by atoms with Crippen LogP contribution in [0.2, 0.25) is 0 Å². The first kappa shape index (κ1) is 30.3. The van der Waals surface area contributed by atoms with Crippen molar-refractivity contribution in [3.05, 3.63) is 29.8 Å². The van der Waals surface area contributed by atoms with Crippen molar-refractivity contribution < 1.29 is 35.9 Å². The molecule has 0 bridgehead atoms. The van der Waals surface area contributed by atoms with Gasteiger partial charge in [-0.3, -0.25) is 19.2 Å². The Hall–Kier alpha value is -3.21. The smallest absolute Gasteiger partial charge is 0.316 e. The summed E-state index contributed by atoms with van der Waals surface area (Å²) in [5, 5.41) is 5.28. The largest absolute Gasteiger partial charge is 0.451 e. The second-order valence-electron chi connectivity index (χ2n) is 11.5. The number of morpholine rings is 1. The molecule has 2 heterocycles. The summed E-state index contributed by atoms with van der Waals surface area (Å²) < 4.78 is 25.2. The number of hydrogen-bond donors (Lipinski definition) is 2. The number of carbonyl (C=O) groups excluding carboxylic acids is 4. The average molecular weight is 553 g/mol. The van der Waals surface area contributed by atoms with Crippen LogP contribution in [0.3, 0.4) is 0 Å². The molecule has 0 saturated carbocycles. The number of hydrogen-bond acceptors (Lipinski definition) is 6. The lowest BCUT2D eigenvalue weighted by atomic mass is 10.0. The zero-order chi connectivity index (χ0) is 28.7. The summed E-state index contributed by atoms with van der Waals surface area (Å²) in [7, 11) is 0. The monoisotopic (exact) mass is 552 g/mol. The number of likely N-dealkylation sites (tertiary alicyclic amines) is 1. The molecule has 3 atom stereocenters. The van der Waals surface area contributed by atoms with Crippen molar-refractivity contribution in [1.29, 1.82) is 0 Å². The topological polar surface area (TPSA) is 117 Å². The van der Waals surface area contributed by atoms with E-state index in [4.69, 9.17) is 9.47 Å². The summed E-state index contributed by atoms with van der Waals surface area (Å²) in [5.74, 6) is -2.08. The molecule has 0 aromatic heterocycles. The third-order valence-electron chi connectivity index (χ3n) is 6.52. The van der Waals surface area contributed by atoms with Crippen LogP contribution in [-0.4, -0.2) is 90.3 Å². The molecule has 2 fully saturated rings. The predicted molar refractivity (Wildman–Crippen MR) is 147 cm³/mol. The molecule has 2 aliphatic rings. The fourth-order valence-electron chi connectivity index (χ4n) is 4.76. The van der Waals surface area contributed by atoms with Gasteiger partial charge >= 0.3 is 6.36 Å². The van der Waals surface area contributed by atoms with Crippen molar-refractivity contribution >= 4 is 23.6 Å². The van der Waals surface area contributed by atoms with E-state index in [1.807, 2.05) is 13.8 Å². The SMILES string of the molecule is CC(C)C[C@@H](NC(=O)c1ccccc1O[C@@H](F)C(=O)NC(C)(C)C)C(=O)N1CCC[C@@H]1C(=O)N1CCOCC1.[HH].[HH]. The molecule has 2 saturated heterocycles. The molecule has 0 spiro atoms. The zero-order valence-electron chi connectivity index (χ0n) is 23.5. The van der Waals surface area contributed by atoms with E-state index < -0.39 is 35.8 Å². The highest BCUT2D eigenvalue weighted by Crippen LogP contribution is 2.24. The van der Waals surface area contributed by atoms with Gasteiger partial charge in [0.25, 0.3) is 11.8 Å². The predicted octanol–water partition coefficient (Wildman–Crippen LogP) is 2.76. The number of amides is 4. The first-order chi connectivity index (χ1) is 18.4. The van der Waals surface area contributed by atoms with E-state index in [1.165, 1.54) is 12.1 Å². The number of alkyl halides is 1. The second kappa shape index (κ2) is 13.2. The van der Waals surface area contributed by atoms with Gasteiger partial charge in [0.15, 0.2) is 0 Å². The zero-order valence-corrected chi connectivity index (χ0v) is 23.5. The number of ether oxygens (including phenoxy) is 2. The number of carbonyl (C=O) groups is 4. The lowest BCUT2D eigenvalue weighted by Crippen LogP contribution is -2.55. The molecule has 0 unspecified atom stereocenters. The minimum Gasteiger partial charge on any atom is -0.451 e. The number of para-hydroxylation sites is 1. The van der Waals surface area contributed by atoms with E-state index >= 15 is 0 Å². The summed E-state index contributed by atoms with van der Waals surface area (Å²) in [5.41, 5.74) is -0.671. The van der Waals surface area contributed by atoms with Crippen molar-refractivity contribution in [1.82, 2.24) is 20.4 Å².